The molecule has 5 nitrogen and oxygen atoms in total. The molecule has 11 heteroatoms. The zero-order valence-electron chi connectivity index (χ0n) is 58.6. The van der Waals surface area contributed by atoms with E-state index in [0.29, 0.717) is 28.9 Å². The Bertz CT molecular complexity index is 1610. The molecule has 8 fully saturated rings. The summed E-state index contributed by atoms with van der Waals surface area (Å²) in [5.41, 5.74) is 7.03. The fraction of sp³-hybridized carbons (Fsp3) is 0.703. The van der Waals surface area contributed by atoms with Gasteiger partial charge in [-0.1, -0.05) is 256 Å². The summed E-state index contributed by atoms with van der Waals surface area (Å²) in [6, 6.07) is 24.6. The van der Waals surface area contributed by atoms with Crippen LogP contribution in [0.5, 0.6) is 0 Å². The van der Waals surface area contributed by atoms with Crippen molar-refractivity contribution >= 4 is 28.8 Å². The Morgan fingerprint density at radius 3 is 1.05 bits per heavy atom. The molecule has 3 N–H and O–H groups in total. The maximum Gasteiger partial charge on any atom is 2.00 e. The topological polar surface area (TPSA) is 56.0 Å². The molecule has 0 amide bonds. The molecule has 9 unspecified atom stereocenters. The molecular weight excluding hydrogens is 1250 g/mol. The second-order valence-electron chi connectivity index (χ2n) is 25.6. The van der Waals surface area contributed by atoms with E-state index in [2.05, 4.69) is 150 Å². The van der Waals surface area contributed by atoms with Gasteiger partial charge in [0.1, 0.15) is 0 Å². The van der Waals surface area contributed by atoms with Gasteiger partial charge in [-0.05, 0) is 114 Å². The first-order chi connectivity index (χ1) is 35.2. The molecule has 0 aromatic heterocycles. The molecule has 2 aromatic rings. The normalized spacial score (nSPS) is 25.8. The Hall–Kier alpha value is 0.518. The van der Waals surface area contributed by atoms with Crippen LogP contribution in [0, 0.1) is 77.2 Å². The third kappa shape index (κ3) is 34.8. The van der Waals surface area contributed by atoms with Gasteiger partial charge >= 0.3 is 68.3 Å². The van der Waals surface area contributed by atoms with Crippen molar-refractivity contribution in [3.63, 3.8) is 0 Å². The van der Waals surface area contributed by atoms with E-state index in [0.717, 1.165) is 30.6 Å². The van der Waals surface area contributed by atoms with E-state index >= 15 is 0 Å². The van der Waals surface area contributed by atoms with Crippen molar-refractivity contribution < 1.29 is 72.8 Å². The minimum atomic E-state index is -1.51. The largest absolute Gasteiger partial charge is 2.00 e. The van der Waals surface area contributed by atoms with E-state index in [-0.39, 0.29) is 140 Å². The molecule has 8 saturated carbocycles. The van der Waals surface area contributed by atoms with Gasteiger partial charge < -0.3 is 84.4 Å². The molecule has 2 aromatic carbocycles. The SMILES string of the molecule is C1CCCC1.C1CCCC1.C1CCCC1.C1CCCC1.CC1CCCC1N1C=CN(C2CCCC2C)C1.CN(C)C1CCCC1S(C)(O)C(C)(C)C.C[C@@H](C1CCCC1N)P(c1ccccc1)c1ccccc1.[CH3-].[CH3-].[CH3-].[CH3-].[CH3-].[CH3-].[CH3-].[CH3-].[Fe+2].[Fe+2].[Fe+2].[Fe+2]. The summed E-state index contributed by atoms with van der Waals surface area (Å²) < 4.78 is 10.9. The van der Waals surface area contributed by atoms with Crippen molar-refractivity contribution in [1.82, 2.24) is 14.7 Å². The first kappa shape index (κ1) is 102. The van der Waals surface area contributed by atoms with Crippen LogP contribution in [0.25, 0.3) is 0 Å². The second kappa shape index (κ2) is 56.1. The Labute approximate surface area is 581 Å². The molecular formula is C74H141Fe4N4OPS. The van der Waals surface area contributed by atoms with Crippen molar-refractivity contribution in [3.8, 4) is 0 Å². The fourth-order valence-corrected chi connectivity index (χ4v) is 19.3. The van der Waals surface area contributed by atoms with E-state index in [4.69, 9.17) is 5.73 Å². The van der Waals surface area contributed by atoms with E-state index in [9.17, 15) is 4.55 Å². The van der Waals surface area contributed by atoms with Crippen LogP contribution in [-0.2, 0) is 68.3 Å². The van der Waals surface area contributed by atoms with Crippen LogP contribution in [0.3, 0.4) is 0 Å². The van der Waals surface area contributed by atoms with E-state index in [1.165, 1.54) is 216 Å². The van der Waals surface area contributed by atoms with Crippen LogP contribution in [-0.4, -0.2) is 86.1 Å². The quantitative estimate of drug-likeness (QED) is 0.157. The van der Waals surface area contributed by atoms with Crippen molar-refractivity contribution in [1.29, 1.82) is 0 Å². The molecule has 0 bridgehead atoms. The van der Waals surface area contributed by atoms with Crippen molar-refractivity contribution in [2.75, 3.05) is 27.0 Å². The molecule has 0 radical (unpaired) electrons. The summed E-state index contributed by atoms with van der Waals surface area (Å²) in [7, 11) is 2.44. The van der Waals surface area contributed by atoms with Gasteiger partial charge in [-0.25, -0.2) is 0 Å². The number of hydrogen-bond acceptors (Lipinski definition) is 5. The fourth-order valence-electron chi connectivity index (χ4n) is 13.7. The maximum absolute atomic E-state index is 10.8. The molecule has 10 atom stereocenters. The van der Waals surface area contributed by atoms with Crippen LogP contribution in [0.1, 0.15) is 247 Å². The Kier molecular flexibility index (Phi) is 67.1. The van der Waals surface area contributed by atoms with Crippen LogP contribution in [0.2, 0.25) is 0 Å². The van der Waals surface area contributed by atoms with E-state index in [1.54, 1.807) is 0 Å². The van der Waals surface area contributed by atoms with E-state index in [1.807, 2.05) is 0 Å². The summed E-state index contributed by atoms with van der Waals surface area (Å²) >= 11 is 0. The van der Waals surface area contributed by atoms with Crippen LogP contribution < -0.4 is 16.3 Å². The summed E-state index contributed by atoms with van der Waals surface area (Å²) in [6.45, 7) is 14.9. The van der Waals surface area contributed by atoms with Gasteiger partial charge in [0.05, 0.1) is 6.67 Å². The van der Waals surface area contributed by atoms with Crippen LogP contribution in [0.4, 0.5) is 0 Å². The molecule has 11 rings (SSSR count). The maximum atomic E-state index is 10.8. The number of nitrogens with two attached hydrogens (primary N) is 1. The molecule has 8 aliphatic carbocycles. The molecule has 1 heterocycles. The van der Waals surface area contributed by atoms with Crippen molar-refractivity contribution in [2.45, 2.75) is 287 Å². The molecule has 1 aliphatic heterocycles. The predicted molar refractivity (Wildman–Crippen MR) is 380 cm³/mol. The Morgan fingerprint density at radius 2 is 0.788 bits per heavy atom. The van der Waals surface area contributed by atoms with Gasteiger partial charge in [0.15, 0.2) is 0 Å². The summed E-state index contributed by atoms with van der Waals surface area (Å²) in [4.78, 5) is 7.50. The second-order valence-corrected chi connectivity index (χ2v) is 31.9. The van der Waals surface area contributed by atoms with Crippen molar-refractivity contribution in [2.24, 2.45) is 23.5 Å². The minimum Gasteiger partial charge on any atom is -0.358 e. The molecule has 0 saturated heterocycles. The van der Waals surface area contributed by atoms with Gasteiger partial charge in [-0.3, -0.25) is 0 Å². The third-order valence-corrected chi connectivity index (χ3v) is 26.0. The van der Waals surface area contributed by atoms with Gasteiger partial charge in [-0.2, -0.15) is 0 Å². The number of hydrogen-bond donors (Lipinski definition) is 2. The number of benzene rings is 2. The van der Waals surface area contributed by atoms with E-state index < -0.39 is 10.3 Å². The third-order valence-electron chi connectivity index (χ3n) is 18.9. The van der Waals surface area contributed by atoms with Gasteiger partial charge in [0.2, 0.25) is 0 Å². The molecule has 506 valence electrons. The minimum absolute atomic E-state index is 0. The first-order valence-electron chi connectivity index (χ1n) is 31.2. The Morgan fingerprint density at radius 1 is 0.482 bits per heavy atom. The average molecular weight is 1390 g/mol. The Balaban J connectivity index is -0.000000142. The summed E-state index contributed by atoms with van der Waals surface area (Å²) in [5.74, 6) is 2.44. The predicted octanol–water partition coefficient (Wildman–Crippen LogP) is 21.6. The van der Waals surface area contributed by atoms with Crippen LogP contribution in [0.15, 0.2) is 73.1 Å². The average Bonchev–Trinajstić information content (AvgIpc) is 4.24. The number of nitrogens with zero attached hydrogens (tertiary/aromatic N) is 3. The number of rotatable bonds is 8. The zero-order chi connectivity index (χ0) is 52.5. The van der Waals surface area contributed by atoms with Crippen LogP contribution >= 0.6 is 18.2 Å². The van der Waals surface area contributed by atoms with Gasteiger partial charge in [0, 0.05) is 46.6 Å². The molecule has 85 heavy (non-hydrogen) atoms. The standard InChI is InChI=1S/C19H24NP.C15H26N2.C12H27NOS.4C5H10.8CH3.4Fe/c1-15(18-13-8-14-19(18)20)21(16-9-4-2-5-10-16)17-11-6-3-7-12-17;1-12-5-3-7-14(12)16-9-10-17(11-16)15-8-4-6-13(15)2;1-12(2,3)15(6,14)11-9-7-8-10(11)13(4)5;4*1-2-4-5-3-1;;;;;;;;;;;;/h2-7,9-12,15,18-19H,8,13-14,20H2,1H3;9-10,12-15H,3-8,11H2,1-2H3;10-11,14H,7-9H2,1-6H3;4*1-5H2;8*1H3;;;;/q;;;;;;;8*-1;4*+2/t15-,18?,19?;;;;;;;;;;;;;;;;;;/m0................../s1. The monoisotopic (exact) mass is 1390 g/mol. The van der Waals surface area contributed by atoms with Crippen molar-refractivity contribution in [3.05, 3.63) is 132 Å². The summed E-state index contributed by atoms with van der Waals surface area (Å²) in [6.07, 6.45) is 52.8. The molecule has 9 aliphatic rings. The van der Waals surface area contributed by atoms with Gasteiger partial charge in [0.25, 0.3) is 0 Å². The first-order valence-corrected chi connectivity index (χ1v) is 34.7. The molecule has 0 spiro atoms. The summed E-state index contributed by atoms with van der Waals surface area (Å²) in [5, 5.41) is 3.45. The smallest absolute Gasteiger partial charge is 0.358 e. The van der Waals surface area contributed by atoms with Gasteiger partial charge in [-0.15, -0.1) is 10.3 Å². The zero-order valence-corrected chi connectivity index (χ0v) is 64.7.